The quantitative estimate of drug-likeness (QED) is 0.478. The Bertz CT molecular complexity index is 1150. The molecule has 0 saturated carbocycles. The standard InChI is InChI=1S/C20H16N4O3S2/c1-12(25)22-14-5-2-4-13(10-14)19(26)21-11-15-7-8-17(29-15)20-23-18(24-27-20)16-6-3-9-28-16/h2-10H,11H2,1H3,(H,21,26)(H,22,25). The summed E-state index contributed by atoms with van der Waals surface area (Å²) in [6, 6.07) is 14.5. The Kier molecular flexibility index (Phi) is 5.50. The van der Waals surface area contributed by atoms with Gasteiger partial charge in [-0.05, 0) is 41.8 Å². The second-order valence-corrected chi connectivity index (χ2v) is 8.23. The van der Waals surface area contributed by atoms with Crippen LogP contribution in [0.4, 0.5) is 5.69 Å². The minimum atomic E-state index is -0.218. The predicted molar refractivity (Wildman–Crippen MR) is 113 cm³/mol. The van der Waals surface area contributed by atoms with E-state index in [2.05, 4.69) is 20.8 Å². The fourth-order valence-electron chi connectivity index (χ4n) is 2.63. The van der Waals surface area contributed by atoms with Gasteiger partial charge in [-0.25, -0.2) is 0 Å². The first-order chi connectivity index (χ1) is 14.1. The van der Waals surface area contributed by atoms with Gasteiger partial charge in [-0.3, -0.25) is 9.59 Å². The van der Waals surface area contributed by atoms with Crippen molar-refractivity contribution in [2.24, 2.45) is 0 Å². The average molecular weight is 425 g/mol. The first-order valence-electron chi connectivity index (χ1n) is 8.71. The maximum Gasteiger partial charge on any atom is 0.268 e. The highest BCUT2D eigenvalue weighted by atomic mass is 32.1. The Morgan fingerprint density at radius 2 is 2.00 bits per heavy atom. The minimum absolute atomic E-state index is 0.183. The molecule has 7 nitrogen and oxygen atoms in total. The van der Waals surface area contributed by atoms with E-state index in [4.69, 9.17) is 4.52 Å². The van der Waals surface area contributed by atoms with Gasteiger partial charge in [-0.15, -0.1) is 22.7 Å². The number of carbonyl (C=O) groups is 2. The molecule has 4 aromatic rings. The molecule has 0 unspecified atom stereocenters. The molecular weight excluding hydrogens is 408 g/mol. The second-order valence-electron chi connectivity index (χ2n) is 6.11. The van der Waals surface area contributed by atoms with E-state index in [0.717, 1.165) is 14.6 Å². The first-order valence-corrected chi connectivity index (χ1v) is 10.4. The lowest BCUT2D eigenvalue weighted by Crippen LogP contribution is -2.22. The van der Waals surface area contributed by atoms with Gasteiger partial charge in [-0.2, -0.15) is 4.98 Å². The van der Waals surface area contributed by atoms with E-state index in [1.54, 1.807) is 35.6 Å². The van der Waals surface area contributed by atoms with E-state index < -0.39 is 0 Å². The number of hydrogen-bond acceptors (Lipinski definition) is 7. The molecule has 0 spiro atoms. The number of carbonyl (C=O) groups excluding carboxylic acids is 2. The van der Waals surface area contributed by atoms with Crippen LogP contribution in [0.15, 0.2) is 58.4 Å². The van der Waals surface area contributed by atoms with Gasteiger partial charge in [0.25, 0.3) is 11.8 Å². The third kappa shape index (κ3) is 4.58. The van der Waals surface area contributed by atoms with Crippen LogP contribution >= 0.6 is 22.7 Å². The highest BCUT2D eigenvalue weighted by Crippen LogP contribution is 2.29. The summed E-state index contributed by atoms with van der Waals surface area (Å²) >= 11 is 3.03. The number of hydrogen-bond donors (Lipinski definition) is 2. The lowest BCUT2D eigenvalue weighted by atomic mass is 10.2. The number of thiophene rings is 2. The fraction of sp³-hybridized carbons (Fsp3) is 0.100. The van der Waals surface area contributed by atoms with Crippen molar-refractivity contribution in [1.29, 1.82) is 0 Å². The molecule has 3 heterocycles. The van der Waals surface area contributed by atoms with Gasteiger partial charge in [0.15, 0.2) is 0 Å². The van der Waals surface area contributed by atoms with Gasteiger partial charge in [0.2, 0.25) is 11.7 Å². The van der Waals surface area contributed by atoms with Crippen molar-refractivity contribution in [2.45, 2.75) is 13.5 Å². The lowest BCUT2D eigenvalue weighted by molar-refractivity contribution is -0.114. The maximum atomic E-state index is 12.4. The number of nitrogens with zero attached hydrogens (tertiary/aromatic N) is 2. The van der Waals surface area contributed by atoms with Crippen LogP contribution in [0, 0.1) is 0 Å². The molecule has 0 aliphatic heterocycles. The van der Waals surface area contributed by atoms with E-state index in [-0.39, 0.29) is 11.8 Å². The highest BCUT2D eigenvalue weighted by molar-refractivity contribution is 7.15. The summed E-state index contributed by atoms with van der Waals surface area (Å²) in [5, 5.41) is 11.5. The van der Waals surface area contributed by atoms with Crippen LogP contribution in [0.25, 0.3) is 21.5 Å². The normalized spacial score (nSPS) is 10.7. The van der Waals surface area contributed by atoms with Gasteiger partial charge in [0.05, 0.1) is 16.3 Å². The molecule has 2 amide bonds. The van der Waals surface area contributed by atoms with E-state index in [9.17, 15) is 9.59 Å². The van der Waals surface area contributed by atoms with Gasteiger partial charge >= 0.3 is 0 Å². The number of aromatic nitrogens is 2. The van der Waals surface area contributed by atoms with Crippen LogP contribution in [0.3, 0.4) is 0 Å². The molecule has 0 bridgehead atoms. The van der Waals surface area contributed by atoms with Crippen molar-refractivity contribution in [3.05, 3.63) is 64.4 Å². The van der Waals surface area contributed by atoms with Gasteiger partial charge in [-0.1, -0.05) is 17.3 Å². The molecular formula is C20H16N4O3S2. The number of amides is 2. The maximum absolute atomic E-state index is 12.4. The molecule has 1 aromatic carbocycles. The summed E-state index contributed by atoms with van der Waals surface area (Å²) in [7, 11) is 0. The molecule has 0 fully saturated rings. The third-order valence-electron chi connectivity index (χ3n) is 3.91. The lowest BCUT2D eigenvalue weighted by Gasteiger charge is -2.06. The Morgan fingerprint density at radius 3 is 2.79 bits per heavy atom. The SMILES string of the molecule is CC(=O)Nc1cccc(C(=O)NCc2ccc(-c3nc(-c4cccs4)no3)s2)c1. The van der Waals surface area contributed by atoms with Gasteiger partial charge < -0.3 is 15.2 Å². The largest absolute Gasteiger partial charge is 0.347 e. The Hall–Kier alpha value is -3.30. The van der Waals surface area contributed by atoms with Crippen molar-refractivity contribution in [2.75, 3.05) is 5.32 Å². The summed E-state index contributed by atoms with van der Waals surface area (Å²) in [6.45, 7) is 1.80. The molecule has 0 aliphatic rings. The molecule has 9 heteroatoms. The highest BCUT2D eigenvalue weighted by Gasteiger charge is 2.14. The van der Waals surface area contributed by atoms with E-state index >= 15 is 0 Å². The number of anilines is 1. The molecule has 2 N–H and O–H groups in total. The van der Waals surface area contributed by atoms with Crippen LogP contribution in [-0.4, -0.2) is 22.0 Å². The molecule has 0 radical (unpaired) electrons. The fourth-order valence-corrected chi connectivity index (χ4v) is 4.15. The summed E-state index contributed by atoms with van der Waals surface area (Å²) in [4.78, 5) is 30.8. The minimum Gasteiger partial charge on any atom is -0.347 e. The van der Waals surface area contributed by atoms with Crippen LogP contribution in [0.5, 0.6) is 0 Å². The van der Waals surface area contributed by atoms with Crippen LogP contribution in [-0.2, 0) is 11.3 Å². The van der Waals surface area contributed by atoms with Crippen molar-refractivity contribution in [1.82, 2.24) is 15.5 Å². The molecule has 146 valence electrons. The van der Waals surface area contributed by atoms with Crippen LogP contribution in [0.2, 0.25) is 0 Å². The van der Waals surface area contributed by atoms with Gasteiger partial charge in [0.1, 0.15) is 0 Å². The number of rotatable bonds is 6. The van der Waals surface area contributed by atoms with E-state index in [1.807, 2.05) is 29.6 Å². The first kappa shape index (κ1) is 19.0. The summed E-state index contributed by atoms with van der Waals surface area (Å²) < 4.78 is 5.36. The Labute approximate surface area is 174 Å². The molecule has 0 saturated heterocycles. The zero-order chi connectivity index (χ0) is 20.2. The average Bonchev–Trinajstić information content (AvgIpc) is 3.46. The Morgan fingerprint density at radius 1 is 1.10 bits per heavy atom. The van der Waals surface area contributed by atoms with Crippen molar-refractivity contribution in [3.63, 3.8) is 0 Å². The van der Waals surface area contributed by atoms with Crippen molar-refractivity contribution in [3.8, 4) is 21.5 Å². The topological polar surface area (TPSA) is 97.1 Å². The van der Waals surface area contributed by atoms with Crippen LogP contribution < -0.4 is 10.6 Å². The van der Waals surface area contributed by atoms with Crippen LogP contribution in [0.1, 0.15) is 22.2 Å². The number of nitrogens with one attached hydrogen (secondary N) is 2. The van der Waals surface area contributed by atoms with E-state index in [1.165, 1.54) is 18.3 Å². The monoisotopic (exact) mass is 424 g/mol. The van der Waals surface area contributed by atoms with Gasteiger partial charge in [0, 0.05) is 23.1 Å². The molecule has 29 heavy (non-hydrogen) atoms. The zero-order valence-corrected chi connectivity index (χ0v) is 17.0. The summed E-state index contributed by atoms with van der Waals surface area (Å²) in [5.41, 5.74) is 1.06. The molecule has 0 aliphatic carbocycles. The molecule has 3 aromatic heterocycles. The predicted octanol–water partition coefficient (Wildman–Crippen LogP) is 4.42. The molecule has 0 atom stereocenters. The zero-order valence-electron chi connectivity index (χ0n) is 15.3. The third-order valence-corrected chi connectivity index (χ3v) is 5.85. The summed E-state index contributed by atoms with van der Waals surface area (Å²) in [5.74, 6) is 0.623. The Balaban J connectivity index is 1.40. The summed E-state index contributed by atoms with van der Waals surface area (Å²) in [6.07, 6.45) is 0. The van der Waals surface area contributed by atoms with Crippen molar-refractivity contribution >= 4 is 40.2 Å². The molecule has 4 rings (SSSR count). The second kappa shape index (κ2) is 8.38. The number of benzene rings is 1. The van der Waals surface area contributed by atoms with E-state index in [0.29, 0.717) is 29.5 Å². The smallest absolute Gasteiger partial charge is 0.268 e. The van der Waals surface area contributed by atoms with Crippen molar-refractivity contribution < 1.29 is 14.1 Å².